The van der Waals surface area contributed by atoms with Crippen molar-refractivity contribution >= 4 is 14.1 Å². The lowest BCUT2D eigenvalue weighted by molar-refractivity contribution is -0.108. The van der Waals surface area contributed by atoms with Crippen molar-refractivity contribution < 1.29 is 9.22 Å². The topological polar surface area (TPSA) is 26.3 Å². The SMILES string of the molecule is CC(C)(C)[Si](C)(C)OCCCC#CC(=O)C#Cc1ccccc1. The van der Waals surface area contributed by atoms with Crippen LogP contribution < -0.4 is 0 Å². The first-order valence-electron chi connectivity index (χ1n) is 7.96. The Morgan fingerprint density at radius 1 is 1.13 bits per heavy atom. The predicted octanol–water partition coefficient (Wildman–Crippen LogP) is 4.41. The summed E-state index contributed by atoms with van der Waals surface area (Å²) in [5, 5.41) is 0.224. The van der Waals surface area contributed by atoms with E-state index in [0.717, 1.165) is 12.0 Å². The quantitative estimate of drug-likeness (QED) is 0.354. The second-order valence-electron chi connectivity index (χ2n) is 6.96. The first-order chi connectivity index (χ1) is 10.7. The molecule has 0 atom stereocenters. The van der Waals surface area contributed by atoms with Crippen LogP contribution in [0.25, 0.3) is 0 Å². The third-order valence-electron chi connectivity index (χ3n) is 4.01. The predicted molar refractivity (Wildman–Crippen MR) is 98.5 cm³/mol. The fraction of sp³-hybridized carbons (Fsp3) is 0.450. The Balaban J connectivity index is 2.34. The molecule has 0 N–H and O–H groups in total. The number of Topliss-reactive ketones (excluding diaryl/α,β-unsaturated/α-hetero) is 1. The third-order valence-corrected chi connectivity index (χ3v) is 8.55. The molecule has 2 nitrogen and oxygen atoms in total. The molecule has 0 bridgehead atoms. The lowest BCUT2D eigenvalue weighted by Crippen LogP contribution is -2.40. The summed E-state index contributed by atoms with van der Waals surface area (Å²) in [5.74, 6) is 10.5. The second kappa shape index (κ2) is 8.72. The first kappa shape index (κ1) is 19.2. The molecule has 0 unspecified atom stereocenters. The molecule has 1 aromatic rings. The van der Waals surface area contributed by atoms with Gasteiger partial charge in [0.25, 0.3) is 5.78 Å². The van der Waals surface area contributed by atoms with Gasteiger partial charge in [-0.1, -0.05) is 50.8 Å². The van der Waals surface area contributed by atoms with E-state index >= 15 is 0 Å². The molecule has 0 spiro atoms. The lowest BCUT2D eigenvalue weighted by Gasteiger charge is -2.36. The van der Waals surface area contributed by atoms with E-state index in [9.17, 15) is 4.79 Å². The largest absolute Gasteiger partial charge is 0.417 e. The number of carbonyl (C=O) groups is 1. The summed E-state index contributed by atoms with van der Waals surface area (Å²) in [7, 11) is -1.67. The van der Waals surface area contributed by atoms with Gasteiger partial charge in [-0.2, -0.15) is 0 Å². The van der Waals surface area contributed by atoms with Crippen molar-refractivity contribution in [1.82, 2.24) is 0 Å². The summed E-state index contributed by atoms with van der Waals surface area (Å²) in [6.45, 7) is 11.9. The Morgan fingerprint density at radius 3 is 2.39 bits per heavy atom. The monoisotopic (exact) mass is 326 g/mol. The van der Waals surface area contributed by atoms with Gasteiger partial charge in [-0.15, -0.1) is 0 Å². The highest BCUT2D eigenvalue weighted by Gasteiger charge is 2.36. The Hall–Kier alpha value is -1.81. The number of benzene rings is 1. The van der Waals surface area contributed by atoms with Crippen LogP contribution in [0, 0.1) is 23.7 Å². The Kier molecular flexibility index (Phi) is 7.30. The van der Waals surface area contributed by atoms with Gasteiger partial charge in [0.1, 0.15) is 0 Å². The van der Waals surface area contributed by atoms with Crippen LogP contribution in [-0.2, 0) is 9.22 Å². The normalized spacial score (nSPS) is 11.0. The molecule has 0 aliphatic carbocycles. The van der Waals surface area contributed by atoms with Gasteiger partial charge in [-0.3, -0.25) is 4.79 Å². The van der Waals surface area contributed by atoms with E-state index in [1.807, 2.05) is 30.3 Å². The van der Waals surface area contributed by atoms with Gasteiger partial charge in [0.05, 0.1) is 0 Å². The molecule has 0 aliphatic heterocycles. The van der Waals surface area contributed by atoms with E-state index in [2.05, 4.69) is 57.5 Å². The van der Waals surface area contributed by atoms with E-state index < -0.39 is 8.32 Å². The molecule has 3 heteroatoms. The molecule has 0 amide bonds. The summed E-state index contributed by atoms with van der Waals surface area (Å²) in [4.78, 5) is 11.6. The summed E-state index contributed by atoms with van der Waals surface area (Å²) < 4.78 is 6.06. The molecule has 1 aromatic carbocycles. The van der Waals surface area contributed by atoms with Crippen molar-refractivity contribution in [2.75, 3.05) is 6.61 Å². The van der Waals surface area contributed by atoms with Crippen LogP contribution >= 0.6 is 0 Å². The van der Waals surface area contributed by atoms with Crippen LogP contribution in [0.5, 0.6) is 0 Å². The van der Waals surface area contributed by atoms with Gasteiger partial charge >= 0.3 is 0 Å². The number of rotatable bonds is 4. The number of carbonyl (C=O) groups excluding carboxylic acids is 1. The minimum absolute atomic E-state index is 0.224. The Labute approximate surface area is 141 Å². The average Bonchev–Trinajstić information content (AvgIpc) is 2.48. The van der Waals surface area contributed by atoms with Crippen molar-refractivity contribution in [1.29, 1.82) is 0 Å². The zero-order valence-corrected chi connectivity index (χ0v) is 15.8. The third kappa shape index (κ3) is 7.33. The Bertz CT molecular complexity index is 631. The highest BCUT2D eigenvalue weighted by atomic mass is 28.4. The van der Waals surface area contributed by atoms with E-state index in [0.29, 0.717) is 13.0 Å². The zero-order valence-electron chi connectivity index (χ0n) is 14.8. The van der Waals surface area contributed by atoms with Crippen molar-refractivity contribution in [3.63, 3.8) is 0 Å². The van der Waals surface area contributed by atoms with Crippen molar-refractivity contribution in [3.05, 3.63) is 35.9 Å². The summed E-state index contributed by atoms with van der Waals surface area (Å²) in [6, 6.07) is 9.43. The molecule has 0 radical (unpaired) electrons. The second-order valence-corrected chi connectivity index (χ2v) is 11.8. The van der Waals surface area contributed by atoms with Gasteiger partial charge in [0, 0.05) is 18.6 Å². The molecule has 1 rings (SSSR count). The minimum atomic E-state index is -1.67. The van der Waals surface area contributed by atoms with E-state index in [4.69, 9.17) is 4.43 Å². The standard InChI is InChI=1S/C20H26O2Si/c1-20(2,3)23(4,5)22-17-11-7-10-14-19(21)16-15-18-12-8-6-9-13-18/h6,8-9,12-13H,7,11,17H2,1-5H3. The maximum absolute atomic E-state index is 11.6. The van der Waals surface area contributed by atoms with Crippen LogP contribution in [0.4, 0.5) is 0 Å². The summed E-state index contributed by atoms with van der Waals surface area (Å²) >= 11 is 0. The smallest absolute Gasteiger partial charge is 0.279 e. The molecular weight excluding hydrogens is 300 g/mol. The van der Waals surface area contributed by atoms with Gasteiger partial charge in [-0.25, -0.2) is 0 Å². The van der Waals surface area contributed by atoms with Crippen LogP contribution in [-0.4, -0.2) is 20.7 Å². The van der Waals surface area contributed by atoms with E-state index in [-0.39, 0.29) is 10.8 Å². The molecule has 0 fully saturated rings. The van der Waals surface area contributed by atoms with Crippen molar-refractivity contribution in [2.24, 2.45) is 0 Å². The average molecular weight is 327 g/mol. The Morgan fingerprint density at radius 2 is 1.78 bits per heavy atom. The number of hydrogen-bond acceptors (Lipinski definition) is 2. The number of hydrogen-bond donors (Lipinski definition) is 0. The van der Waals surface area contributed by atoms with Gasteiger partial charge in [0.15, 0.2) is 8.32 Å². The minimum Gasteiger partial charge on any atom is -0.417 e. The molecule has 23 heavy (non-hydrogen) atoms. The van der Waals surface area contributed by atoms with E-state index in [1.54, 1.807) is 0 Å². The zero-order chi connectivity index (χ0) is 17.3. The highest BCUT2D eigenvalue weighted by Crippen LogP contribution is 2.36. The molecule has 0 saturated carbocycles. The number of ketones is 1. The van der Waals surface area contributed by atoms with Gasteiger partial charge in [0.2, 0.25) is 0 Å². The van der Waals surface area contributed by atoms with Crippen LogP contribution in [0.2, 0.25) is 18.1 Å². The fourth-order valence-corrected chi connectivity index (χ4v) is 2.62. The number of unbranched alkanes of at least 4 members (excludes halogenated alkanes) is 1. The molecule has 0 heterocycles. The van der Waals surface area contributed by atoms with Crippen LogP contribution in [0.1, 0.15) is 39.2 Å². The molecule has 122 valence electrons. The molecule has 0 saturated heterocycles. The highest BCUT2D eigenvalue weighted by molar-refractivity contribution is 6.74. The van der Waals surface area contributed by atoms with Crippen molar-refractivity contribution in [2.45, 2.75) is 51.7 Å². The molecule has 0 aliphatic rings. The first-order valence-corrected chi connectivity index (χ1v) is 10.9. The fourth-order valence-electron chi connectivity index (χ4n) is 1.53. The van der Waals surface area contributed by atoms with E-state index in [1.165, 1.54) is 0 Å². The van der Waals surface area contributed by atoms with Gasteiger partial charge in [-0.05, 0) is 48.5 Å². The van der Waals surface area contributed by atoms with Crippen LogP contribution in [0.3, 0.4) is 0 Å². The maximum Gasteiger partial charge on any atom is 0.279 e. The van der Waals surface area contributed by atoms with Crippen molar-refractivity contribution in [3.8, 4) is 23.7 Å². The lowest BCUT2D eigenvalue weighted by atomic mass is 10.2. The van der Waals surface area contributed by atoms with Crippen LogP contribution in [0.15, 0.2) is 30.3 Å². The maximum atomic E-state index is 11.6. The molecular formula is C20H26O2Si. The van der Waals surface area contributed by atoms with Gasteiger partial charge < -0.3 is 4.43 Å². The molecule has 0 aromatic heterocycles. The summed E-state index contributed by atoms with van der Waals surface area (Å²) in [6.07, 6.45) is 1.51. The summed E-state index contributed by atoms with van der Waals surface area (Å²) in [5.41, 5.74) is 0.824.